The molecule has 3 heterocycles. The molecule has 7 atom stereocenters. The lowest BCUT2D eigenvalue weighted by molar-refractivity contribution is -0.155. The number of esters is 1. The van der Waals surface area contributed by atoms with E-state index in [9.17, 15) is 19.5 Å². The zero-order chi connectivity index (χ0) is 31.4. The molecule has 9 heteroatoms. The monoisotopic (exact) mass is 636 g/mol. The second-order valence-electron chi connectivity index (χ2n) is 12.0. The predicted molar refractivity (Wildman–Crippen MR) is 176 cm³/mol. The third-order valence-corrected chi connectivity index (χ3v) is 11.8. The van der Waals surface area contributed by atoms with E-state index < -0.39 is 28.7 Å². The maximum atomic E-state index is 14.9. The summed E-state index contributed by atoms with van der Waals surface area (Å²) in [5.41, 5.74) is 1.46. The molecular formula is C35H41ClN2O5S. The maximum Gasteiger partial charge on any atom is 0.310 e. The van der Waals surface area contributed by atoms with E-state index in [1.807, 2.05) is 42.5 Å². The van der Waals surface area contributed by atoms with Crippen LogP contribution < -0.4 is 4.90 Å². The molecule has 3 unspecified atom stereocenters. The molecule has 1 spiro atoms. The van der Waals surface area contributed by atoms with E-state index in [0.717, 1.165) is 18.4 Å². The number of anilines is 1. The molecule has 2 bridgehead atoms. The zero-order valence-corrected chi connectivity index (χ0v) is 26.7. The fraction of sp³-hybridized carbons (Fsp3) is 0.457. The van der Waals surface area contributed by atoms with Gasteiger partial charge in [-0.05, 0) is 55.7 Å². The van der Waals surface area contributed by atoms with E-state index in [4.69, 9.17) is 16.3 Å². The highest BCUT2D eigenvalue weighted by Crippen LogP contribution is 2.69. The number of ether oxygens (including phenoxy) is 1. The minimum atomic E-state index is -0.924. The van der Waals surface area contributed by atoms with Crippen molar-refractivity contribution in [2.75, 3.05) is 24.7 Å². The number of aliphatic hydroxyl groups excluding tert-OH is 1. The smallest absolute Gasteiger partial charge is 0.310 e. The number of thioether (sulfide) groups is 1. The Balaban J connectivity index is 1.57. The number of likely N-dealkylation sites (tertiary alicyclic amines) is 1. The van der Waals surface area contributed by atoms with Crippen LogP contribution in [0.5, 0.6) is 0 Å². The van der Waals surface area contributed by atoms with Crippen molar-refractivity contribution in [3.8, 4) is 0 Å². The molecule has 7 nitrogen and oxygen atoms in total. The van der Waals surface area contributed by atoms with Crippen LogP contribution in [-0.4, -0.2) is 69.6 Å². The van der Waals surface area contributed by atoms with Crippen LogP contribution in [0, 0.1) is 17.8 Å². The number of aliphatic hydroxyl groups is 1. The predicted octanol–water partition coefficient (Wildman–Crippen LogP) is 5.70. The van der Waals surface area contributed by atoms with Gasteiger partial charge in [0.25, 0.3) is 5.91 Å². The zero-order valence-electron chi connectivity index (χ0n) is 25.1. The summed E-state index contributed by atoms with van der Waals surface area (Å²) in [7, 11) is 0. The summed E-state index contributed by atoms with van der Waals surface area (Å²) in [6.07, 6.45) is 6.97. The number of rotatable bonds is 14. The molecular weight excluding hydrogens is 596 g/mol. The molecule has 0 aliphatic carbocycles. The first-order valence-electron chi connectivity index (χ1n) is 15.4. The Hall–Kier alpha value is -3.07. The summed E-state index contributed by atoms with van der Waals surface area (Å²) < 4.78 is 4.90. The standard InChI is InChI=1S/C35H41ClN2O5S/c1-4-6-7-13-19-43-34(42)29-28-20-23(3)35(44-28)30(29)32(40)38(25(22-39)21-24-14-9-8-10-15-24)31(35)33(41)37(18-5-2)27-17-12-11-16-26(27)36/h4-5,8-12,14-17,23,25,28-31,39H,1-2,6-7,13,18-22H2,3H3/t23?,25-,28+,29-,30+,31?,35?/m1/s1. The van der Waals surface area contributed by atoms with Gasteiger partial charge < -0.3 is 19.6 Å². The largest absolute Gasteiger partial charge is 0.465 e. The molecule has 2 amide bonds. The minimum Gasteiger partial charge on any atom is -0.465 e. The fourth-order valence-corrected chi connectivity index (χ4v) is 10.1. The molecule has 44 heavy (non-hydrogen) atoms. The molecule has 0 radical (unpaired) electrons. The average molecular weight is 637 g/mol. The lowest BCUT2D eigenvalue weighted by Gasteiger charge is -2.42. The van der Waals surface area contributed by atoms with E-state index in [0.29, 0.717) is 30.0 Å². The lowest BCUT2D eigenvalue weighted by Crippen LogP contribution is -2.59. The third kappa shape index (κ3) is 5.72. The Bertz CT molecular complexity index is 1390. The van der Waals surface area contributed by atoms with Crippen LogP contribution in [-0.2, 0) is 25.5 Å². The van der Waals surface area contributed by atoms with Crippen LogP contribution in [0.4, 0.5) is 5.69 Å². The number of amides is 2. The average Bonchev–Trinajstić information content (AvgIpc) is 3.62. The Morgan fingerprint density at radius 3 is 2.57 bits per heavy atom. The maximum absolute atomic E-state index is 14.9. The third-order valence-electron chi connectivity index (χ3n) is 9.38. The van der Waals surface area contributed by atoms with Crippen molar-refractivity contribution in [2.24, 2.45) is 17.8 Å². The number of carbonyl (C=O) groups excluding carboxylic acids is 3. The Labute approximate surface area is 269 Å². The molecule has 3 fully saturated rings. The number of halogens is 1. The molecule has 3 aliphatic heterocycles. The van der Waals surface area contributed by atoms with Crippen LogP contribution >= 0.6 is 23.4 Å². The Kier molecular flexibility index (Phi) is 10.2. The first kappa shape index (κ1) is 32.3. The highest BCUT2D eigenvalue weighted by molar-refractivity contribution is 8.02. The first-order chi connectivity index (χ1) is 21.3. The van der Waals surface area contributed by atoms with Crippen LogP contribution in [0.1, 0.15) is 38.2 Å². The summed E-state index contributed by atoms with van der Waals surface area (Å²) >= 11 is 8.20. The quantitative estimate of drug-likeness (QED) is 0.163. The summed E-state index contributed by atoms with van der Waals surface area (Å²) in [6.45, 7) is 9.84. The molecule has 3 saturated heterocycles. The van der Waals surface area contributed by atoms with Gasteiger partial charge in [-0.15, -0.1) is 24.9 Å². The Morgan fingerprint density at radius 1 is 1.16 bits per heavy atom. The first-order valence-corrected chi connectivity index (χ1v) is 16.6. The number of hydrogen-bond donors (Lipinski definition) is 1. The van der Waals surface area contributed by atoms with Crippen LogP contribution in [0.15, 0.2) is 79.9 Å². The second-order valence-corrected chi connectivity index (χ2v) is 13.9. The van der Waals surface area contributed by atoms with Gasteiger partial charge in [-0.3, -0.25) is 14.4 Å². The summed E-state index contributed by atoms with van der Waals surface area (Å²) in [5.74, 6) is -2.37. The van der Waals surface area contributed by atoms with Crippen LogP contribution in [0.2, 0.25) is 5.02 Å². The van der Waals surface area contributed by atoms with E-state index in [1.54, 1.807) is 45.8 Å². The Morgan fingerprint density at radius 2 is 1.89 bits per heavy atom. The van der Waals surface area contributed by atoms with Crippen molar-refractivity contribution in [1.82, 2.24) is 4.90 Å². The topological polar surface area (TPSA) is 87.2 Å². The van der Waals surface area contributed by atoms with Crippen molar-refractivity contribution >= 4 is 46.8 Å². The number of benzene rings is 2. The van der Waals surface area contributed by atoms with Crippen molar-refractivity contribution in [2.45, 2.75) is 61.1 Å². The molecule has 1 N–H and O–H groups in total. The van der Waals surface area contributed by atoms with Crippen molar-refractivity contribution in [1.29, 1.82) is 0 Å². The summed E-state index contributed by atoms with van der Waals surface area (Å²) in [6, 6.07) is 15.2. The van der Waals surface area contributed by atoms with Crippen LogP contribution in [0.25, 0.3) is 0 Å². The fourth-order valence-electron chi connectivity index (χ4n) is 7.45. The van der Waals surface area contributed by atoms with Crippen molar-refractivity contribution in [3.63, 3.8) is 0 Å². The van der Waals surface area contributed by atoms with Crippen LogP contribution in [0.3, 0.4) is 0 Å². The van der Waals surface area contributed by atoms with Gasteiger partial charge in [-0.1, -0.05) is 73.1 Å². The number of fused-ring (bicyclic) bond motifs is 1. The van der Waals surface area contributed by atoms with Gasteiger partial charge in [0.1, 0.15) is 6.04 Å². The molecule has 0 aromatic heterocycles. The number of unbranched alkanes of at least 4 members (excludes halogenated alkanes) is 2. The van der Waals surface area contributed by atoms with E-state index >= 15 is 0 Å². The van der Waals surface area contributed by atoms with Gasteiger partial charge in [0.2, 0.25) is 5.91 Å². The minimum absolute atomic E-state index is 0.0325. The molecule has 234 valence electrons. The lowest BCUT2D eigenvalue weighted by atomic mass is 9.66. The van der Waals surface area contributed by atoms with Crippen molar-refractivity contribution in [3.05, 3.63) is 90.5 Å². The number of hydrogen-bond acceptors (Lipinski definition) is 6. The van der Waals surface area contributed by atoms with Gasteiger partial charge >= 0.3 is 5.97 Å². The highest BCUT2D eigenvalue weighted by atomic mass is 35.5. The van der Waals surface area contributed by atoms with Gasteiger partial charge in [0, 0.05) is 11.8 Å². The van der Waals surface area contributed by atoms with Gasteiger partial charge in [0.05, 0.1) is 46.5 Å². The van der Waals surface area contributed by atoms with Gasteiger partial charge in [-0.2, -0.15) is 0 Å². The number of carbonyl (C=O) groups is 3. The molecule has 3 aliphatic rings. The number of para-hydroxylation sites is 1. The van der Waals surface area contributed by atoms with E-state index in [-0.39, 0.29) is 48.7 Å². The molecule has 2 aromatic rings. The molecule has 0 saturated carbocycles. The van der Waals surface area contributed by atoms with Crippen molar-refractivity contribution < 1.29 is 24.2 Å². The number of nitrogens with zero attached hydrogens (tertiary/aromatic N) is 2. The van der Waals surface area contributed by atoms with Gasteiger partial charge in [0.15, 0.2) is 0 Å². The SMILES string of the molecule is C=CCCCCOC(=O)[C@@H]1[C@@H]2CC(C)C3(S2)C(C(=O)N(CC=C)c2ccccc2Cl)N([C@@H](CO)Cc2ccccc2)C(=O)[C@H]13. The van der Waals surface area contributed by atoms with Gasteiger partial charge in [-0.25, -0.2) is 0 Å². The normalized spacial score (nSPS) is 27.6. The highest BCUT2D eigenvalue weighted by Gasteiger charge is 2.77. The summed E-state index contributed by atoms with van der Waals surface area (Å²) in [4.78, 5) is 46.5. The van der Waals surface area contributed by atoms with E-state index in [1.165, 1.54) is 0 Å². The second kappa shape index (κ2) is 13.9. The molecule has 5 rings (SSSR count). The number of allylic oxidation sites excluding steroid dienone is 1. The molecule has 2 aromatic carbocycles. The van der Waals surface area contributed by atoms with E-state index in [2.05, 4.69) is 20.1 Å². The summed E-state index contributed by atoms with van der Waals surface area (Å²) in [5, 5.41) is 11.0.